The maximum absolute atomic E-state index is 6.11. The minimum atomic E-state index is 0.0199. The van der Waals surface area contributed by atoms with E-state index in [0.717, 1.165) is 29.2 Å². The lowest BCUT2D eigenvalue weighted by molar-refractivity contribution is 0.561. The van der Waals surface area contributed by atoms with E-state index in [1.165, 1.54) is 0 Å². The quantitative estimate of drug-likeness (QED) is 0.941. The standard InChI is InChI=1S/C13H20ClN5/c1-6-18-9(4)11(7(2)16-18)10(5)19-13(15)12(14)8(3)17-19/h10H,6,15H2,1-5H3. The number of nitrogens with zero attached hydrogens (tertiary/aromatic N) is 4. The Kier molecular flexibility index (Phi) is 3.58. The summed E-state index contributed by atoms with van der Waals surface area (Å²) in [6.45, 7) is 10.9. The van der Waals surface area contributed by atoms with Crippen molar-refractivity contribution in [2.24, 2.45) is 0 Å². The van der Waals surface area contributed by atoms with Crippen LogP contribution in [0.3, 0.4) is 0 Å². The predicted molar refractivity (Wildman–Crippen MR) is 77.6 cm³/mol. The first-order valence-corrected chi connectivity index (χ1v) is 6.80. The average molecular weight is 282 g/mol. The first kappa shape index (κ1) is 13.9. The molecule has 104 valence electrons. The Hall–Kier alpha value is -1.49. The number of hydrogen-bond donors (Lipinski definition) is 1. The molecule has 2 N–H and O–H groups in total. The Balaban J connectivity index is 2.52. The van der Waals surface area contributed by atoms with E-state index in [4.69, 9.17) is 17.3 Å². The summed E-state index contributed by atoms with van der Waals surface area (Å²) in [5.74, 6) is 0.509. The molecule has 2 heterocycles. The van der Waals surface area contributed by atoms with Gasteiger partial charge in [-0.3, -0.25) is 4.68 Å². The van der Waals surface area contributed by atoms with Gasteiger partial charge < -0.3 is 5.73 Å². The molecule has 2 rings (SSSR count). The number of anilines is 1. The Morgan fingerprint density at radius 1 is 1.21 bits per heavy atom. The third kappa shape index (κ3) is 2.12. The Morgan fingerprint density at radius 2 is 1.84 bits per heavy atom. The second kappa shape index (κ2) is 4.89. The summed E-state index contributed by atoms with van der Waals surface area (Å²) in [7, 11) is 0. The van der Waals surface area contributed by atoms with E-state index < -0.39 is 0 Å². The van der Waals surface area contributed by atoms with E-state index in [2.05, 4.69) is 31.0 Å². The molecule has 1 unspecified atom stereocenters. The number of hydrogen-bond acceptors (Lipinski definition) is 3. The van der Waals surface area contributed by atoms with Crippen molar-refractivity contribution in [1.29, 1.82) is 0 Å². The summed E-state index contributed by atoms with van der Waals surface area (Å²) in [6.07, 6.45) is 0. The van der Waals surface area contributed by atoms with Crippen LogP contribution in [0, 0.1) is 20.8 Å². The van der Waals surface area contributed by atoms with E-state index in [9.17, 15) is 0 Å². The zero-order valence-corrected chi connectivity index (χ0v) is 12.8. The molecule has 0 amide bonds. The van der Waals surface area contributed by atoms with Gasteiger partial charge in [0.1, 0.15) is 10.8 Å². The summed E-state index contributed by atoms with van der Waals surface area (Å²) >= 11 is 6.11. The molecular formula is C13H20ClN5. The Morgan fingerprint density at radius 3 is 2.26 bits per heavy atom. The predicted octanol–water partition coefficient (Wildman–Crippen LogP) is 2.87. The van der Waals surface area contributed by atoms with Gasteiger partial charge in [0.15, 0.2) is 0 Å². The SMILES string of the molecule is CCn1nc(C)c(C(C)n2nc(C)c(Cl)c2N)c1C. The van der Waals surface area contributed by atoms with Crippen LogP contribution in [0.4, 0.5) is 5.82 Å². The molecule has 0 aromatic carbocycles. The van der Waals surface area contributed by atoms with Crippen molar-refractivity contribution in [2.45, 2.75) is 47.2 Å². The van der Waals surface area contributed by atoms with Crippen molar-refractivity contribution in [3.63, 3.8) is 0 Å². The maximum atomic E-state index is 6.11. The lowest BCUT2D eigenvalue weighted by atomic mass is 10.1. The molecule has 19 heavy (non-hydrogen) atoms. The van der Waals surface area contributed by atoms with Crippen molar-refractivity contribution in [1.82, 2.24) is 19.6 Å². The number of rotatable bonds is 3. The fourth-order valence-corrected chi connectivity index (χ4v) is 2.71. The summed E-state index contributed by atoms with van der Waals surface area (Å²) < 4.78 is 3.77. The number of nitrogen functional groups attached to an aromatic ring is 1. The Labute approximate surface area is 118 Å². The number of nitrogens with two attached hydrogens (primary N) is 1. The highest BCUT2D eigenvalue weighted by Crippen LogP contribution is 2.30. The van der Waals surface area contributed by atoms with Crippen molar-refractivity contribution in [3.8, 4) is 0 Å². The smallest absolute Gasteiger partial charge is 0.141 e. The topological polar surface area (TPSA) is 61.7 Å². The first-order chi connectivity index (χ1) is 8.88. The second-order valence-corrected chi connectivity index (χ2v) is 5.18. The summed E-state index contributed by atoms with van der Waals surface area (Å²) in [6, 6.07) is 0.0199. The van der Waals surface area contributed by atoms with Crippen molar-refractivity contribution < 1.29 is 0 Å². The molecular weight excluding hydrogens is 262 g/mol. The average Bonchev–Trinajstić information content (AvgIpc) is 2.80. The van der Waals surface area contributed by atoms with E-state index in [-0.39, 0.29) is 6.04 Å². The van der Waals surface area contributed by atoms with Gasteiger partial charge in [-0.05, 0) is 34.6 Å². The zero-order valence-electron chi connectivity index (χ0n) is 12.0. The molecule has 0 spiro atoms. The fraction of sp³-hybridized carbons (Fsp3) is 0.538. The first-order valence-electron chi connectivity index (χ1n) is 6.42. The highest BCUT2D eigenvalue weighted by molar-refractivity contribution is 6.33. The van der Waals surface area contributed by atoms with E-state index in [1.807, 2.05) is 18.5 Å². The zero-order chi connectivity index (χ0) is 14.3. The fourth-order valence-electron chi connectivity index (χ4n) is 2.59. The maximum Gasteiger partial charge on any atom is 0.141 e. The third-order valence-electron chi connectivity index (χ3n) is 3.57. The lowest BCUT2D eigenvalue weighted by Gasteiger charge is -2.15. The molecule has 0 aliphatic heterocycles. The largest absolute Gasteiger partial charge is 0.383 e. The molecule has 0 aliphatic rings. The second-order valence-electron chi connectivity index (χ2n) is 4.81. The van der Waals surface area contributed by atoms with Crippen LogP contribution in [0.5, 0.6) is 0 Å². The van der Waals surface area contributed by atoms with Crippen LogP contribution < -0.4 is 5.73 Å². The van der Waals surface area contributed by atoms with Gasteiger partial charge >= 0.3 is 0 Å². The number of aryl methyl sites for hydroxylation is 3. The van der Waals surface area contributed by atoms with Gasteiger partial charge in [-0.1, -0.05) is 11.6 Å². The molecule has 0 aliphatic carbocycles. The molecule has 0 saturated carbocycles. The molecule has 0 bridgehead atoms. The highest BCUT2D eigenvalue weighted by atomic mass is 35.5. The monoisotopic (exact) mass is 281 g/mol. The van der Waals surface area contributed by atoms with Gasteiger partial charge in [0.05, 0.1) is 17.4 Å². The molecule has 6 heteroatoms. The molecule has 2 aromatic rings. The van der Waals surface area contributed by atoms with Gasteiger partial charge in [0.2, 0.25) is 0 Å². The molecule has 5 nitrogen and oxygen atoms in total. The highest BCUT2D eigenvalue weighted by Gasteiger charge is 2.22. The van der Waals surface area contributed by atoms with Gasteiger partial charge in [0, 0.05) is 17.8 Å². The van der Waals surface area contributed by atoms with Crippen LogP contribution in [0.25, 0.3) is 0 Å². The van der Waals surface area contributed by atoms with Crippen LogP contribution in [0.1, 0.15) is 42.5 Å². The molecule has 1 atom stereocenters. The van der Waals surface area contributed by atoms with Crippen LogP contribution in [-0.2, 0) is 6.54 Å². The van der Waals surface area contributed by atoms with E-state index in [0.29, 0.717) is 10.8 Å². The van der Waals surface area contributed by atoms with Crippen molar-refractivity contribution in [3.05, 3.63) is 27.7 Å². The number of aromatic nitrogens is 4. The van der Waals surface area contributed by atoms with Gasteiger partial charge in [0.25, 0.3) is 0 Å². The van der Waals surface area contributed by atoms with Crippen LogP contribution in [0.2, 0.25) is 5.02 Å². The van der Waals surface area contributed by atoms with Crippen LogP contribution in [-0.4, -0.2) is 19.6 Å². The molecule has 0 saturated heterocycles. The minimum absolute atomic E-state index is 0.0199. The summed E-state index contributed by atoms with van der Waals surface area (Å²) in [4.78, 5) is 0. The van der Waals surface area contributed by atoms with Crippen LogP contribution >= 0.6 is 11.6 Å². The minimum Gasteiger partial charge on any atom is -0.383 e. The van der Waals surface area contributed by atoms with Gasteiger partial charge in [-0.2, -0.15) is 10.2 Å². The van der Waals surface area contributed by atoms with Crippen molar-refractivity contribution >= 4 is 17.4 Å². The van der Waals surface area contributed by atoms with Crippen LogP contribution in [0.15, 0.2) is 0 Å². The normalized spacial score (nSPS) is 12.9. The number of halogens is 1. The third-order valence-corrected chi connectivity index (χ3v) is 4.04. The Bertz CT molecular complexity index is 611. The van der Waals surface area contributed by atoms with E-state index in [1.54, 1.807) is 4.68 Å². The van der Waals surface area contributed by atoms with Gasteiger partial charge in [-0.15, -0.1) is 0 Å². The van der Waals surface area contributed by atoms with Crippen molar-refractivity contribution in [2.75, 3.05) is 5.73 Å². The summed E-state index contributed by atoms with van der Waals surface area (Å²) in [5.41, 5.74) is 10.1. The molecule has 2 aromatic heterocycles. The summed E-state index contributed by atoms with van der Waals surface area (Å²) in [5, 5.41) is 9.49. The van der Waals surface area contributed by atoms with Gasteiger partial charge in [-0.25, -0.2) is 4.68 Å². The lowest BCUT2D eigenvalue weighted by Crippen LogP contribution is -2.13. The molecule has 0 fully saturated rings. The van der Waals surface area contributed by atoms with E-state index >= 15 is 0 Å². The molecule has 0 radical (unpaired) electrons.